The van der Waals surface area contributed by atoms with Crippen LogP contribution in [0, 0.1) is 10.1 Å². The van der Waals surface area contributed by atoms with Gasteiger partial charge in [-0.2, -0.15) is 0 Å². The lowest BCUT2D eigenvalue weighted by Gasteiger charge is -2.14. The van der Waals surface area contributed by atoms with Crippen molar-refractivity contribution in [2.75, 3.05) is 5.32 Å². The zero-order valence-corrected chi connectivity index (χ0v) is 15.3. The van der Waals surface area contributed by atoms with Crippen molar-refractivity contribution in [1.82, 2.24) is 0 Å². The van der Waals surface area contributed by atoms with Gasteiger partial charge in [0.15, 0.2) is 0 Å². The van der Waals surface area contributed by atoms with E-state index in [4.69, 9.17) is 16.3 Å². The van der Waals surface area contributed by atoms with E-state index in [-0.39, 0.29) is 0 Å². The number of carbonyl (C=O) groups is 2. The van der Waals surface area contributed by atoms with Crippen LogP contribution in [-0.4, -0.2) is 35.0 Å². The van der Waals surface area contributed by atoms with E-state index in [0.29, 0.717) is 27.5 Å². The van der Waals surface area contributed by atoms with Gasteiger partial charge >= 0.3 is 5.97 Å². The number of halogens is 1. The van der Waals surface area contributed by atoms with Crippen LogP contribution < -0.4 is 5.32 Å². The molecule has 2 aromatic rings. The van der Waals surface area contributed by atoms with Crippen LogP contribution in [0.3, 0.4) is 0 Å². The Labute approximate surface area is 164 Å². The van der Waals surface area contributed by atoms with E-state index in [1.807, 2.05) is 6.07 Å². The van der Waals surface area contributed by atoms with E-state index >= 15 is 0 Å². The zero-order chi connectivity index (χ0) is 20.3. The first-order chi connectivity index (χ1) is 13.3. The van der Waals surface area contributed by atoms with Gasteiger partial charge in [-0.15, -0.1) is 10.1 Å². The number of fused-ring (bicyclic) bond motifs is 1. The highest BCUT2D eigenvalue weighted by Crippen LogP contribution is 2.27. The number of nitrogens with zero attached hydrogens (tertiary/aromatic N) is 2. The molecular formula is C18H14ClN3O6. The van der Waals surface area contributed by atoms with Crippen molar-refractivity contribution in [2.45, 2.75) is 19.3 Å². The molecule has 1 heterocycles. The predicted octanol–water partition coefficient (Wildman–Crippen LogP) is 2.60. The Morgan fingerprint density at radius 3 is 2.68 bits per heavy atom. The van der Waals surface area contributed by atoms with Crippen LogP contribution >= 0.6 is 11.6 Å². The molecule has 0 bridgehead atoms. The molecule has 0 radical (unpaired) electrons. The Hall–Kier alpha value is -3.46. The monoisotopic (exact) mass is 403 g/mol. The highest BCUT2D eigenvalue weighted by molar-refractivity contribution is 6.32. The lowest BCUT2D eigenvalue weighted by Crippen LogP contribution is -2.37. The van der Waals surface area contributed by atoms with E-state index in [2.05, 4.69) is 15.1 Å². The van der Waals surface area contributed by atoms with Crippen molar-refractivity contribution < 1.29 is 24.3 Å². The SMILES string of the molecule is CC(OC(=O)C1N=C(c2ccccc2)c2cc(Cl)ccc2NC1=O)O[N+](=O)[O-]. The highest BCUT2D eigenvalue weighted by Gasteiger charge is 2.34. The van der Waals surface area contributed by atoms with Gasteiger partial charge in [-0.05, 0) is 25.1 Å². The van der Waals surface area contributed by atoms with Gasteiger partial charge in [-0.3, -0.25) is 14.6 Å². The normalized spacial score (nSPS) is 16.7. The average molecular weight is 404 g/mol. The molecule has 1 N–H and O–H groups in total. The summed E-state index contributed by atoms with van der Waals surface area (Å²) in [4.78, 5) is 43.8. The summed E-state index contributed by atoms with van der Waals surface area (Å²) in [5.41, 5.74) is 1.94. The molecule has 144 valence electrons. The van der Waals surface area contributed by atoms with Gasteiger partial charge in [0, 0.05) is 16.1 Å². The first kappa shape index (κ1) is 19.3. The van der Waals surface area contributed by atoms with E-state index in [0.717, 1.165) is 6.92 Å². The van der Waals surface area contributed by atoms with Crippen molar-refractivity contribution >= 4 is 34.9 Å². The van der Waals surface area contributed by atoms with Crippen LogP contribution in [-0.2, 0) is 19.2 Å². The predicted molar refractivity (Wildman–Crippen MR) is 99.6 cm³/mol. The number of amides is 1. The minimum atomic E-state index is -1.58. The molecule has 0 aromatic heterocycles. The molecular weight excluding hydrogens is 390 g/mol. The lowest BCUT2D eigenvalue weighted by molar-refractivity contribution is -0.777. The quantitative estimate of drug-likeness (QED) is 0.269. The highest BCUT2D eigenvalue weighted by atomic mass is 35.5. The third kappa shape index (κ3) is 4.26. The molecule has 9 nitrogen and oxygen atoms in total. The third-order valence-corrected chi connectivity index (χ3v) is 4.02. The first-order valence-electron chi connectivity index (χ1n) is 8.11. The van der Waals surface area contributed by atoms with Gasteiger partial charge < -0.3 is 10.1 Å². The number of anilines is 1. The molecule has 2 aromatic carbocycles. The molecule has 28 heavy (non-hydrogen) atoms. The smallest absolute Gasteiger partial charge is 0.342 e. The summed E-state index contributed by atoms with van der Waals surface area (Å²) < 4.78 is 4.84. The number of carbonyl (C=O) groups excluding carboxylic acids is 2. The van der Waals surface area contributed by atoms with Gasteiger partial charge in [-0.1, -0.05) is 41.9 Å². The molecule has 0 fully saturated rings. The van der Waals surface area contributed by atoms with E-state index < -0.39 is 29.3 Å². The van der Waals surface area contributed by atoms with Gasteiger partial charge in [0.1, 0.15) is 0 Å². The van der Waals surface area contributed by atoms with Crippen molar-refractivity contribution in [2.24, 2.45) is 4.99 Å². The number of hydrogen-bond acceptors (Lipinski definition) is 7. The molecule has 0 spiro atoms. The molecule has 0 saturated heterocycles. The number of ether oxygens (including phenoxy) is 1. The van der Waals surface area contributed by atoms with Gasteiger partial charge in [0.05, 0.1) is 11.4 Å². The third-order valence-electron chi connectivity index (χ3n) is 3.79. The summed E-state index contributed by atoms with van der Waals surface area (Å²) >= 11 is 6.10. The topological polar surface area (TPSA) is 120 Å². The molecule has 0 saturated carbocycles. The Bertz CT molecular complexity index is 963. The summed E-state index contributed by atoms with van der Waals surface area (Å²) in [5.74, 6) is -1.83. The van der Waals surface area contributed by atoms with Crippen molar-refractivity contribution in [3.63, 3.8) is 0 Å². The second kappa shape index (κ2) is 8.05. The van der Waals surface area contributed by atoms with Crippen LogP contribution in [0.4, 0.5) is 5.69 Å². The van der Waals surface area contributed by atoms with E-state index in [1.165, 1.54) is 0 Å². The van der Waals surface area contributed by atoms with Crippen LogP contribution in [0.2, 0.25) is 5.02 Å². The maximum Gasteiger partial charge on any atom is 0.342 e. The molecule has 10 heteroatoms. The van der Waals surface area contributed by atoms with Crippen LogP contribution in [0.25, 0.3) is 0 Å². The molecule has 0 aliphatic carbocycles. The number of benzene rings is 2. The Balaban J connectivity index is 2.03. The van der Waals surface area contributed by atoms with E-state index in [1.54, 1.807) is 42.5 Å². The zero-order valence-electron chi connectivity index (χ0n) is 14.5. The fraction of sp³-hybridized carbons (Fsp3) is 0.167. The van der Waals surface area contributed by atoms with Crippen molar-refractivity contribution in [3.05, 3.63) is 74.8 Å². The number of nitrogens with one attached hydrogen (secondary N) is 1. The minimum Gasteiger partial charge on any atom is -0.434 e. The Morgan fingerprint density at radius 1 is 1.29 bits per heavy atom. The molecule has 3 rings (SSSR count). The largest absolute Gasteiger partial charge is 0.434 e. The van der Waals surface area contributed by atoms with Gasteiger partial charge in [0.2, 0.25) is 12.3 Å². The number of esters is 1. The number of hydrogen-bond donors (Lipinski definition) is 1. The first-order valence-corrected chi connectivity index (χ1v) is 8.48. The van der Waals surface area contributed by atoms with Gasteiger partial charge in [-0.25, -0.2) is 4.79 Å². The lowest BCUT2D eigenvalue weighted by atomic mass is 10.0. The number of aliphatic imine (C=N–C) groups is 1. The molecule has 1 aliphatic rings. The van der Waals surface area contributed by atoms with Crippen molar-refractivity contribution in [3.8, 4) is 0 Å². The fourth-order valence-corrected chi connectivity index (χ4v) is 2.81. The van der Waals surface area contributed by atoms with Crippen LogP contribution in [0.15, 0.2) is 53.5 Å². The molecule has 1 amide bonds. The summed E-state index contributed by atoms with van der Waals surface area (Å²) in [7, 11) is 0. The minimum absolute atomic E-state index is 0.348. The van der Waals surface area contributed by atoms with Crippen LogP contribution in [0.1, 0.15) is 18.1 Å². The molecule has 2 atom stereocenters. The summed E-state index contributed by atoms with van der Waals surface area (Å²) in [6, 6.07) is 12.1. The van der Waals surface area contributed by atoms with Crippen molar-refractivity contribution in [1.29, 1.82) is 0 Å². The fourth-order valence-electron chi connectivity index (χ4n) is 2.64. The Kier molecular flexibility index (Phi) is 5.55. The maximum absolute atomic E-state index is 12.6. The van der Waals surface area contributed by atoms with Crippen LogP contribution in [0.5, 0.6) is 0 Å². The standard InChI is InChI=1S/C18H14ClN3O6/c1-10(28-22(25)26)27-18(24)16-17(23)20-14-8-7-12(19)9-13(14)15(21-16)11-5-3-2-4-6-11/h2-10,16H,1H3,(H,20,23). The van der Waals surface area contributed by atoms with E-state index in [9.17, 15) is 19.7 Å². The summed E-state index contributed by atoms with van der Waals surface area (Å²) in [6.45, 7) is 1.16. The number of rotatable bonds is 5. The second-order valence-corrected chi connectivity index (χ2v) is 6.20. The molecule has 1 aliphatic heterocycles. The average Bonchev–Trinajstić information content (AvgIpc) is 2.77. The second-order valence-electron chi connectivity index (χ2n) is 5.76. The summed E-state index contributed by atoms with van der Waals surface area (Å²) in [6.07, 6.45) is -1.49. The van der Waals surface area contributed by atoms with Gasteiger partial charge in [0.25, 0.3) is 11.0 Å². The molecule has 2 unspecified atom stereocenters. The Morgan fingerprint density at radius 2 is 2.00 bits per heavy atom. The number of benzodiazepines with no additional fused rings is 1. The summed E-state index contributed by atoms with van der Waals surface area (Å²) in [5, 5.41) is 12.3. The maximum atomic E-state index is 12.6.